The molecule has 2 aromatic rings. The minimum absolute atomic E-state index is 0.0465. The molecular formula is C18H18ClFN2O5S. The molecule has 150 valence electrons. The summed E-state index contributed by atoms with van der Waals surface area (Å²) in [5, 5.41) is 2.35. The first-order chi connectivity index (χ1) is 13.2. The first-order valence-corrected chi connectivity index (χ1v) is 10.1. The van der Waals surface area contributed by atoms with Crippen LogP contribution in [0.5, 0.6) is 0 Å². The first kappa shape index (κ1) is 21.6. The van der Waals surface area contributed by atoms with Crippen molar-refractivity contribution in [2.75, 3.05) is 17.9 Å². The van der Waals surface area contributed by atoms with Gasteiger partial charge in [0.15, 0.2) is 0 Å². The maximum absolute atomic E-state index is 14.2. The fourth-order valence-corrected chi connectivity index (χ4v) is 3.64. The Labute approximate surface area is 166 Å². The number of sulfonamides is 1. The third kappa shape index (κ3) is 4.99. The molecule has 2 aromatic carbocycles. The van der Waals surface area contributed by atoms with E-state index in [0.717, 1.165) is 12.1 Å². The second-order valence-corrected chi connectivity index (χ2v) is 7.58. The van der Waals surface area contributed by atoms with Crippen LogP contribution in [0.2, 0.25) is 5.02 Å². The zero-order chi connectivity index (χ0) is 20.9. The minimum Gasteiger partial charge on any atom is -0.462 e. The summed E-state index contributed by atoms with van der Waals surface area (Å²) in [5.74, 6) is -2.29. The second kappa shape index (κ2) is 9.03. The normalized spacial score (nSPS) is 11.0. The van der Waals surface area contributed by atoms with Crippen LogP contribution in [0.1, 0.15) is 34.6 Å². The van der Waals surface area contributed by atoms with E-state index in [1.54, 1.807) is 13.8 Å². The highest BCUT2D eigenvalue weighted by molar-refractivity contribution is 7.92. The number of esters is 1. The summed E-state index contributed by atoms with van der Waals surface area (Å²) >= 11 is 5.82. The Kier molecular flexibility index (Phi) is 6.98. The number of carbonyl (C=O) groups excluding carboxylic acids is 2. The maximum atomic E-state index is 14.2. The fourth-order valence-electron chi connectivity index (χ4n) is 2.26. The molecule has 0 unspecified atom stereocenters. The molecular weight excluding hydrogens is 411 g/mol. The third-order valence-corrected chi connectivity index (χ3v) is 5.25. The lowest BCUT2D eigenvalue weighted by Gasteiger charge is -2.12. The van der Waals surface area contributed by atoms with Gasteiger partial charge in [0.1, 0.15) is 10.7 Å². The molecule has 1 amide bonds. The molecule has 0 aliphatic carbocycles. The van der Waals surface area contributed by atoms with E-state index in [0.29, 0.717) is 12.1 Å². The molecule has 0 spiro atoms. The lowest BCUT2D eigenvalue weighted by molar-refractivity contribution is 0.0526. The molecule has 0 aromatic heterocycles. The zero-order valence-corrected chi connectivity index (χ0v) is 16.7. The van der Waals surface area contributed by atoms with E-state index < -0.39 is 26.7 Å². The van der Waals surface area contributed by atoms with Crippen LogP contribution in [0.15, 0.2) is 41.3 Å². The number of hydrogen-bond acceptors (Lipinski definition) is 5. The van der Waals surface area contributed by atoms with Crippen LogP contribution in [-0.2, 0) is 14.8 Å². The summed E-state index contributed by atoms with van der Waals surface area (Å²) in [5.41, 5.74) is 0.184. The molecule has 0 atom stereocenters. The molecule has 0 heterocycles. The van der Waals surface area contributed by atoms with Crippen LogP contribution in [0, 0.1) is 5.82 Å². The molecule has 2 rings (SSSR count). The summed E-state index contributed by atoms with van der Waals surface area (Å²) in [4.78, 5) is 22.9. The van der Waals surface area contributed by atoms with Crippen molar-refractivity contribution >= 4 is 39.2 Å². The number of nitrogens with one attached hydrogen (secondary N) is 2. The molecule has 28 heavy (non-hydrogen) atoms. The largest absolute Gasteiger partial charge is 0.462 e. The van der Waals surface area contributed by atoms with E-state index in [1.807, 2.05) is 0 Å². The van der Waals surface area contributed by atoms with Gasteiger partial charge in [-0.3, -0.25) is 9.52 Å². The maximum Gasteiger partial charge on any atom is 0.339 e. The van der Waals surface area contributed by atoms with Crippen LogP contribution in [0.4, 0.5) is 10.1 Å². The lowest BCUT2D eigenvalue weighted by Crippen LogP contribution is -2.22. The number of ether oxygens (including phenoxy) is 1. The lowest BCUT2D eigenvalue weighted by atomic mass is 10.2. The molecule has 0 aliphatic heterocycles. The Balaban J connectivity index is 2.33. The van der Waals surface area contributed by atoms with Crippen molar-refractivity contribution in [1.29, 1.82) is 0 Å². The van der Waals surface area contributed by atoms with E-state index in [2.05, 4.69) is 10.0 Å². The van der Waals surface area contributed by atoms with Gasteiger partial charge in [0.05, 0.1) is 17.2 Å². The number of benzene rings is 2. The van der Waals surface area contributed by atoms with Gasteiger partial charge in [0, 0.05) is 17.8 Å². The van der Waals surface area contributed by atoms with Crippen LogP contribution in [-0.4, -0.2) is 33.4 Å². The third-order valence-electron chi connectivity index (χ3n) is 3.54. The quantitative estimate of drug-likeness (QED) is 0.659. The van der Waals surface area contributed by atoms with Gasteiger partial charge in [0.2, 0.25) is 0 Å². The van der Waals surface area contributed by atoms with E-state index in [9.17, 15) is 22.4 Å². The van der Waals surface area contributed by atoms with Gasteiger partial charge in [-0.1, -0.05) is 11.6 Å². The molecule has 0 saturated heterocycles. The smallest absolute Gasteiger partial charge is 0.339 e. The predicted octanol–water partition coefficient (Wildman–Crippen LogP) is 3.21. The van der Waals surface area contributed by atoms with E-state index >= 15 is 0 Å². The predicted molar refractivity (Wildman–Crippen MR) is 103 cm³/mol. The molecule has 0 aliphatic rings. The summed E-state index contributed by atoms with van der Waals surface area (Å²) in [6.07, 6.45) is 0. The number of hydrogen-bond donors (Lipinski definition) is 2. The molecule has 10 heteroatoms. The van der Waals surface area contributed by atoms with E-state index in [-0.39, 0.29) is 28.8 Å². The topological polar surface area (TPSA) is 102 Å². The highest BCUT2D eigenvalue weighted by atomic mass is 35.5. The Morgan fingerprint density at radius 3 is 2.36 bits per heavy atom. The number of rotatable bonds is 7. The van der Waals surface area contributed by atoms with Gasteiger partial charge in [-0.2, -0.15) is 0 Å². The van der Waals surface area contributed by atoms with E-state index in [1.165, 1.54) is 24.3 Å². The van der Waals surface area contributed by atoms with Crippen molar-refractivity contribution in [3.8, 4) is 0 Å². The highest BCUT2D eigenvalue weighted by Crippen LogP contribution is 2.26. The number of anilines is 1. The fraction of sp³-hybridized carbons (Fsp3) is 0.222. The summed E-state index contributed by atoms with van der Waals surface area (Å²) < 4.78 is 46.3. The van der Waals surface area contributed by atoms with Gasteiger partial charge in [0.25, 0.3) is 15.9 Å². The molecule has 0 fully saturated rings. The number of amides is 1. The first-order valence-electron chi connectivity index (χ1n) is 8.26. The van der Waals surface area contributed by atoms with Gasteiger partial charge in [-0.25, -0.2) is 17.6 Å². The Hall–Kier alpha value is -2.65. The SMILES string of the molecule is CCNC(=O)c1ccc(NS(=O)(=O)c2cc(C(=O)OCC)c(Cl)cc2F)cc1. The Morgan fingerprint density at radius 1 is 1.14 bits per heavy atom. The zero-order valence-electron chi connectivity index (χ0n) is 15.1. The number of halogens is 2. The summed E-state index contributed by atoms with van der Waals surface area (Å²) in [6, 6.07) is 7.13. The van der Waals surface area contributed by atoms with Gasteiger partial charge >= 0.3 is 5.97 Å². The van der Waals surface area contributed by atoms with E-state index in [4.69, 9.17) is 16.3 Å². The van der Waals surface area contributed by atoms with Crippen LogP contribution >= 0.6 is 11.6 Å². The summed E-state index contributed by atoms with van der Waals surface area (Å²) in [7, 11) is -4.37. The molecule has 2 N–H and O–H groups in total. The minimum atomic E-state index is -4.37. The van der Waals surface area contributed by atoms with Crippen LogP contribution in [0.3, 0.4) is 0 Å². The Morgan fingerprint density at radius 2 is 1.79 bits per heavy atom. The van der Waals surface area contributed by atoms with Crippen molar-refractivity contribution in [2.24, 2.45) is 0 Å². The summed E-state index contributed by atoms with van der Waals surface area (Å²) in [6.45, 7) is 3.83. The van der Waals surface area contributed by atoms with Crippen molar-refractivity contribution < 1.29 is 27.1 Å². The molecule has 0 saturated carbocycles. The van der Waals surface area contributed by atoms with Gasteiger partial charge in [-0.05, 0) is 50.2 Å². The van der Waals surface area contributed by atoms with Crippen molar-refractivity contribution in [2.45, 2.75) is 18.7 Å². The number of carbonyl (C=O) groups is 2. The van der Waals surface area contributed by atoms with Crippen molar-refractivity contribution in [1.82, 2.24) is 5.32 Å². The average molecular weight is 429 g/mol. The average Bonchev–Trinajstić information content (AvgIpc) is 2.62. The second-order valence-electron chi connectivity index (χ2n) is 5.53. The molecule has 0 radical (unpaired) electrons. The Bertz CT molecular complexity index is 994. The molecule has 0 bridgehead atoms. The van der Waals surface area contributed by atoms with Crippen molar-refractivity contribution in [3.63, 3.8) is 0 Å². The monoisotopic (exact) mass is 428 g/mol. The van der Waals surface area contributed by atoms with Gasteiger partial charge < -0.3 is 10.1 Å². The van der Waals surface area contributed by atoms with Crippen molar-refractivity contribution in [3.05, 3.63) is 58.4 Å². The highest BCUT2D eigenvalue weighted by Gasteiger charge is 2.24. The standard InChI is InChI=1S/C18H18ClFN2O5S/c1-3-21-17(23)11-5-7-12(8-6-11)22-28(25,26)16-9-13(18(24)27-4-2)14(19)10-15(16)20/h5-10,22H,3-4H2,1-2H3,(H,21,23). The molecule has 7 nitrogen and oxygen atoms in total. The van der Waals surface area contributed by atoms with Gasteiger partial charge in [-0.15, -0.1) is 0 Å². The van der Waals surface area contributed by atoms with Crippen LogP contribution < -0.4 is 10.0 Å². The van der Waals surface area contributed by atoms with Crippen LogP contribution in [0.25, 0.3) is 0 Å².